The number of aliphatic hydroxyl groups is 1. The fourth-order valence-electron chi connectivity index (χ4n) is 4.52. The Morgan fingerprint density at radius 1 is 0.818 bits per heavy atom. The number of carbonyl (C=O) groups is 3. The van der Waals surface area contributed by atoms with Crippen molar-refractivity contribution in [3.63, 3.8) is 0 Å². The zero-order valence-electron chi connectivity index (χ0n) is 24.9. The molecule has 4 rings (SSSR count). The Bertz CT molecular complexity index is 1660. The van der Waals surface area contributed by atoms with Gasteiger partial charge in [-0.25, -0.2) is 4.79 Å². The second kappa shape index (κ2) is 13.8. The number of nitrogens with two attached hydrogens (primary N) is 1. The maximum absolute atomic E-state index is 13.6. The molecule has 0 fully saturated rings. The molecule has 0 aliphatic rings. The van der Waals surface area contributed by atoms with Crippen LogP contribution in [-0.4, -0.2) is 41.4 Å². The van der Waals surface area contributed by atoms with Crippen LogP contribution in [0.3, 0.4) is 0 Å². The molecule has 0 saturated heterocycles. The molecule has 44 heavy (non-hydrogen) atoms. The molecule has 0 aromatic heterocycles. The van der Waals surface area contributed by atoms with Gasteiger partial charge < -0.3 is 26.2 Å². The Morgan fingerprint density at radius 3 is 2.07 bits per heavy atom. The van der Waals surface area contributed by atoms with Crippen LogP contribution in [0.1, 0.15) is 63.0 Å². The molecule has 6 N–H and O–H groups in total. The first-order valence-corrected chi connectivity index (χ1v) is 14.1. The van der Waals surface area contributed by atoms with Crippen molar-refractivity contribution in [2.24, 2.45) is 11.1 Å². The molecule has 1 atom stereocenters. The molecule has 226 valence electrons. The second-order valence-corrected chi connectivity index (χ2v) is 11.4. The van der Waals surface area contributed by atoms with Crippen LogP contribution in [0.25, 0.3) is 11.1 Å². The third-order valence-corrected chi connectivity index (χ3v) is 7.16. The van der Waals surface area contributed by atoms with Gasteiger partial charge in [-0.15, -0.1) is 0 Å². The average molecular weight is 593 g/mol. The number of hydrogen-bond donors (Lipinski definition) is 5. The molecule has 9 heteroatoms. The minimum atomic E-state index is -0.664. The Morgan fingerprint density at radius 2 is 1.43 bits per heavy atom. The number of hydrogen-bond acceptors (Lipinski definition) is 6. The molecule has 0 radical (unpaired) electrons. The van der Waals surface area contributed by atoms with Gasteiger partial charge in [0.15, 0.2) is 0 Å². The first-order chi connectivity index (χ1) is 21.0. The van der Waals surface area contributed by atoms with Gasteiger partial charge in [0.25, 0.3) is 11.8 Å². The number of carbonyl (C=O) groups excluding carboxylic acids is 3. The number of anilines is 1. The Balaban J connectivity index is 1.71. The van der Waals surface area contributed by atoms with Gasteiger partial charge in [0.05, 0.1) is 18.2 Å². The summed E-state index contributed by atoms with van der Waals surface area (Å²) in [7, 11) is 0. The van der Waals surface area contributed by atoms with Gasteiger partial charge in [-0.1, -0.05) is 75.4 Å². The van der Waals surface area contributed by atoms with Crippen molar-refractivity contribution in [1.82, 2.24) is 5.32 Å². The van der Waals surface area contributed by atoms with Gasteiger partial charge in [0, 0.05) is 22.4 Å². The van der Waals surface area contributed by atoms with Crippen LogP contribution in [0.2, 0.25) is 0 Å². The molecule has 0 saturated carbocycles. The molecule has 4 aromatic carbocycles. The molecule has 0 bridgehead atoms. The summed E-state index contributed by atoms with van der Waals surface area (Å²) in [4.78, 5) is 40.3. The molecule has 0 spiro atoms. The van der Waals surface area contributed by atoms with Crippen LogP contribution in [0, 0.1) is 10.8 Å². The normalized spacial score (nSPS) is 11.7. The minimum absolute atomic E-state index is 0.0184. The van der Waals surface area contributed by atoms with Gasteiger partial charge in [-0.2, -0.15) is 0 Å². The summed E-state index contributed by atoms with van der Waals surface area (Å²) >= 11 is 0. The first-order valence-electron chi connectivity index (χ1n) is 14.1. The van der Waals surface area contributed by atoms with Crippen LogP contribution >= 0.6 is 0 Å². The van der Waals surface area contributed by atoms with Crippen molar-refractivity contribution in [2.45, 2.75) is 33.4 Å². The molecule has 4 aromatic rings. The predicted octanol–water partition coefficient (Wildman–Crippen LogP) is 5.38. The fourth-order valence-corrected chi connectivity index (χ4v) is 4.52. The first kappa shape index (κ1) is 31.7. The molecule has 0 aliphatic heterocycles. The summed E-state index contributed by atoms with van der Waals surface area (Å²) in [6.45, 7) is 5.49. The largest absolute Gasteiger partial charge is 0.457 e. The van der Waals surface area contributed by atoms with Gasteiger partial charge in [-0.3, -0.25) is 15.0 Å². The van der Waals surface area contributed by atoms with Crippen molar-refractivity contribution in [3.05, 3.63) is 125 Å². The number of nitrogen functional groups attached to an aromatic ring is 1. The third-order valence-electron chi connectivity index (χ3n) is 7.16. The van der Waals surface area contributed by atoms with Crippen molar-refractivity contribution in [2.75, 3.05) is 11.9 Å². The van der Waals surface area contributed by atoms with E-state index in [4.69, 9.17) is 15.9 Å². The summed E-state index contributed by atoms with van der Waals surface area (Å²) < 4.78 is 5.66. The fraction of sp³-hybridized carbons (Fsp3) is 0.200. The van der Waals surface area contributed by atoms with Gasteiger partial charge >= 0.3 is 5.97 Å². The highest BCUT2D eigenvalue weighted by molar-refractivity contribution is 6.11. The second-order valence-electron chi connectivity index (χ2n) is 11.4. The van der Waals surface area contributed by atoms with Gasteiger partial charge in [0.2, 0.25) is 0 Å². The molecular formula is C35H36N4O5. The third kappa shape index (κ3) is 7.76. The number of benzene rings is 4. The number of esters is 1. The highest BCUT2D eigenvalue weighted by Gasteiger charge is 2.27. The lowest BCUT2D eigenvalue weighted by atomic mass is 9.87. The number of aliphatic hydroxyl groups excluding tert-OH is 1. The quantitative estimate of drug-likeness (QED) is 0.0946. The average Bonchev–Trinajstić information content (AvgIpc) is 3.02. The summed E-state index contributed by atoms with van der Waals surface area (Å²) in [6.07, 6.45) is 0. The van der Waals surface area contributed by atoms with Crippen molar-refractivity contribution >= 4 is 29.3 Å². The molecule has 0 heterocycles. The van der Waals surface area contributed by atoms with E-state index >= 15 is 0 Å². The van der Waals surface area contributed by atoms with E-state index in [1.807, 2.05) is 51.1 Å². The lowest BCUT2D eigenvalue weighted by molar-refractivity contribution is 0.0473. The summed E-state index contributed by atoms with van der Waals surface area (Å²) in [5.41, 5.74) is 8.44. The molecular weight excluding hydrogens is 556 g/mol. The Kier molecular flexibility index (Phi) is 9.92. The van der Waals surface area contributed by atoms with Gasteiger partial charge in [-0.05, 0) is 64.6 Å². The van der Waals surface area contributed by atoms with Crippen LogP contribution in [0.15, 0.2) is 97.1 Å². The number of amidine groups is 1. The Hall–Kier alpha value is -5.28. The summed E-state index contributed by atoms with van der Waals surface area (Å²) in [5, 5.41) is 23.1. The highest BCUT2D eigenvalue weighted by Crippen LogP contribution is 2.30. The van der Waals surface area contributed by atoms with E-state index in [1.165, 1.54) is 6.07 Å². The van der Waals surface area contributed by atoms with Crippen LogP contribution < -0.4 is 16.4 Å². The topological polar surface area (TPSA) is 155 Å². The lowest BCUT2D eigenvalue weighted by Crippen LogP contribution is -2.46. The van der Waals surface area contributed by atoms with Crippen molar-refractivity contribution in [1.29, 1.82) is 5.41 Å². The van der Waals surface area contributed by atoms with Gasteiger partial charge in [0.1, 0.15) is 12.4 Å². The van der Waals surface area contributed by atoms with Crippen molar-refractivity contribution < 1.29 is 24.2 Å². The zero-order valence-corrected chi connectivity index (χ0v) is 24.9. The van der Waals surface area contributed by atoms with E-state index in [9.17, 15) is 19.5 Å². The molecule has 2 amide bonds. The monoisotopic (exact) mass is 592 g/mol. The van der Waals surface area contributed by atoms with Crippen LogP contribution in [0.4, 0.5) is 5.69 Å². The maximum Gasteiger partial charge on any atom is 0.339 e. The molecule has 1 unspecified atom stereocenters. The van der Waals surface area contributed by atoms with Crippen molar-refractivity contribution in [3.8, 4) is 11.1 Å². The number of ether oxygens (including phenoxy) is 1. The van der Waals surface area contributed by atoms with E-state index in [0.717, 1.165) is 5.56 Å². The summed E-state index contributed by atoms with van der Waals surface area (Å²) in [5.74, 6) is -1.62. The number of nitrogens with one attached hydrogen (secondary N) is 3. The lowest BCUT2D eigenvalue weighted by Gasteiger charge is -2.29. The highest BCUT2D eigenvalue weighted by atomic mass is 16.5. The van der Waals surface area contributed by atoms with E-state index < -0.39 is 29.2 Å². The molecule has 0 aliphatic carbocycles. The standard InChI is InChI=1S/C35H36N4O5/c1-35(2,3)30(20-40)39-32(41)24-15-18-27(29(19-24)34(43)44-21-22-9-5-4-6-10-22)26-11-7-8-12-28(26)33(42)38-25-16-13-23(14-17-25)31(36)37/h4-19,30,40H,20-21H2,1-3H3,(H3,36,37)(H,38,42)(H,39,41). The SMILES string of the molecule is CC(C)(C)C(CO)NC(=O)c1ccc(-c2ccccc2C(=O)Nc2ccc(C(=N)N)cc2)c(C(=O)OCc2ccccc2)c1. The van der Waals surface area contributed by atoms with E-state index in [-0.39, 0.29) is 30.2 Å². The van der Waals surface area contributed by atoms with E-state index in [0.29, 0.717) is 27.9 Å². The number of amides is 2. The van der Waals surface area contributed by atoms with Crippen LogP contribution in [-0.2, 0) is 11.3 Å². The Labute approximate surface area is 256 Å². The number of rotatable bonds is 10. The molecule has 9 nitrogen and oxygen atoms in total. The smallest absolute Gasteiger partial charge is 0.339 e. The maximum atomic E-state index is 13.6. The zero-order chi connectivity index (χ0) is 31.9. The summed E-state index contributed by atoms with van der Waals surface area (Å²) in [6, 6.07) is 26.7. The van der Waals surface area contributed by atoms with E-state index in [2.05, 4.69) is 10.6 Å². The minimum Gasteiger partial charge on any atom is -0.457 e. The predicted molar refractivity (Wildman–Crippen MR) is 171 cm³/mol. The van der Waals surface area contributed by atoms with E-state index in [1.54, 1.807) is 60.7 Å². The van der Waals surface area contributed by atoms with Crippen LogP contribution in [0.5, 0.6) is 0 Å².